The van der Waals surface area contributed by atoms with E-state index in [1.54, 1.807) is 18.2 Å². The summed E-state index contributed by atoms with van der Waals surface area (Å²) in [7, 11) is 1.48. The number of rotatable bonds is 9. The van der Waals surface area contributed by atoms with Gasteiger partial charge >= 0.3 is 5.97 Å². The Morgan fingerprint density at radius 1 is 1.11 bits per heavy atom. The summed E-state index contributed by atoms with van der Waals surface area (Å²) in [6.07, 6.45) is 0.812. The standard InChI is InChI=1S/C20H22ClNO5/c1-3-10-22-19(23)13-27-20(24)14-8-9-17(18(11-14)25-2)26-12-15-6-4-5-7-16(15)21/h4-9,11H,3,10,12-13H2,1-2H3,(H,22,23). The quantitative estimate of drug-likeness (QED) is 0.661. The van der Waals surface area contributed by atoms with Crippen LogP contribution in [0, 0.1) is 0 Å². The van der Waals surface area contributed by atoms with Crippen LogP contribution in [0.25, 0.3) is 0 Å². The first-order valence-electron chi connectivity index (χ1n) is 8.53. The lowest BCUT2D eigenvalue weighted by Crippen LogP contribution is -2.29. The van der Waals surface area contributed by atoms with Gasteiger partial charge in [-0.15, -0.1) is 0 Å². The van der Waals surface area contributed by atoms with Gasteiger partial charge < -0.3 is 19.5 Å². The van der Waals surface area contributed by atoms with Gasteiger partial charge in [0.25, 0.3) is 5.91 Å². The lowest BCUT2D eigenvalue weighted by atomic mass is 10.2. The molecule has 27 heavy (non-hydrogen) atoms. The fourth-order valence-electron chi connectivity index (χ4n) is 2.21. The monoisotopic (exact) mass is 391 g/mol. The lowest BCUT2D eigenvalue weighted by Gasteiger charge is -2.13. The molecule has 0 aromatic heterocycles. The third-order valence-corrected chi connectivity index (χ3v) is 4.02. The number of carbonyl (C=O) groups is 2. The first kappa shape index (κ1) is 20.6. The molecule has 1 N–H and O–H groups in total. The molecule has 0 radical (unpaired) electrons. The van der Waals surface area contributed by atoms with Crippen LogP contribution in [0.15, 0.2) is 42.5 Å². The van der Waals surface area contributed by atoms with Crippen LogP contribution in [-0.2, 0) is 16.1 Å². The molecule has 6 nitrogen and oxygen atoms in total. The molecule has 0 unspecified atom stereocenters. The number of amides is 1. The number of ether oxygens (including phenoxy) is 3. The zero-order valence-electron chi connectivity index (χ0n) is 15.3. The number of esters is 1. The topological polar surface area (TPSA) is 73.9 Å². The third kappa shape index (κ3) is 6.18. The number of halogens is 1. The Labute approximate surface area is 163 Å². The average Bonchev–Trinajstić information content (AvgIpc) is 2.69. The van der Waals surface area contributed by atoms with Gasteiger partial charge in [-0.05, 0) is 30.7 Å². The summed E-state index contributed by atoms with van der Waals surface area (Å²) in [6, 6.07) is 12.0. The van der Waals surface area contributed by atoms with E-state index in [0.29, 0.717) is 23.1 Å². The molecule has 0 heterocycles. The van der Waals surface area contributed by atoms with Crippen molar-refractivity contribution in [1.82, 2.24) is 5.32 Å². The Balaban J connectivity index is 1.99. The van der Waals surface area contributed by atoms with E-state index in [1.165, 1.54) is 13.2 Å². The Bertz CT molecular complexity index is 794. The zero-order valence-corrected chi connectivity index (χ0v) is 16.0. The second-order valence-corrected chi connectivity index (χ2v) is 6.08. The predicted octanol–water partition coefficient (Wildman–Crippen LogP) is 3.61. The summed E-state index contributed by atoms with van der Waals surface area (Å²) in [5.74, 6) is -0.101. The minimum Gasteiger partial charge on any atom is -0.493 e. The summed E-state index contributed by atoms with van der Waals surface area (Å²) in [5.41, 5.74) is 1.10. The van der Waals surface area contributed by atoms with E-state index in [1.807, 2.05) is 25.1 Å². The predicted molar refractivity (Wildman–Crippen MR) is 102 cm³/mol. The van der Waals surface area contributed by atoms with Gasteiger partial charge in [0.05, 0.1) is 12.7 Å². The summed E-state index contributed by atoms with van der Waals surface area (Å²) in [6.45, 7) is 2.42. The maximum atomic E-state index is 12.1. The fraction of sp³-hybridized carbons (Fsp3) is 0.300. The van der Waals surface area contributed by atoms with Gasteiger partial charge in [0.2, 0.25) is 0 Å². The highest BCUT2D eigenvalue weighted by Crippen LogP contribution is 2.29. The number of benzene rings is 2. The van der Waals surface area contributed by atoms with Gasteiger partial charge in [0.15, 0.2) is 18.1 Å². The van der Waals surface area contributed by atoms with Gasteiger partial charge in [-0.25, -0.2) is 4.79 Å². The van der Waals surface area contributed by atoms with E-state index < -0.39 is 5.97 Å². The fourth-order valence-corrected chi connectivity index (χ4v) is 2.40. The number of hydrogen-bond donors (Lipinski definition) is 1. The second kappa shape index (κ2) is 10.4. The maximum absolute atomic E-state index is 12.1. The molecule has 0 atom stereocenters. The molecule has 0 spiro atoms. The van der Waals surface area contributed by atoms with E-state index in [-0.39, 0.29) is 24.7 Å². The SMILES string of the molecule is CCCNC(=O)COC(=O)c1ccc(OCc2ccccc2Cl)c(OC)c1. The van der Waals surface area contributed by atoms with E-state index in [0.717, 1.165) is 12.0 Å². The number of hydrogen-bond acceptors (Lipinski definition) is 5. The van der Waals surface area contributed by atoms with E-state index >= 15 is 0 Å². The molecule has 0 aliphatic rings. The molecule has 0 aliphatic carbocycles. The van der Waals surface area contributed by atoms with Crippen LogP contribution in [0.4, 0.5) is 0 Å². The van der Waals surface area contributed by atoms with Crippen molar-refractivity contribution in [3.8, 4) is 11.5 Å². The first-order chi connectivity index (χ1) is 13.0. The van der Waals surface area contributed by atoms with E-state index in [2.05, 4.69) is 5.32 Å². The zero-order chi connectivity index (χ0) is 19.6. The van der Waals surface area contributed by atoms with Crippen LogP contribution in [0.5, 0.6) is 11.5 Å². The Hall–Kier alpha value is -2.73. The van der Waals surface area contributed by atoms with Crippen LogP contribution < -0.4 is 14.8 Å². The van der Waals surface area contributed by atoms with Gasteiger partial charge in [-0.3, -0.25) is 4.79 Å². The minimum absolute atomic E-state index is 0.261. The van der Waals surface area contributed by atoms with Crippen LogP contribution in [0.2, 0.25) is 5.02 Å². The molecule has 2 rings (SSSR count). The van der Waals surface area contributed by atoms with E-state index in [4.69, 9.17) is 25.8 Å². The third-order valence-electron chi connectivity index (χ3n) is 3.65. The number of nitrogens with one attached hydrogen (secondary N) is 1. The van der Waals surface area contributed by atoms with Crippen molar-refractivity contribution in [2.75, 3.05) is 20.3 Å². The molecular weight excluding hydrogens is 370 g/mol. The molecule has 2 aromatic rings. The summed E-state index contributed by atoms with van der Waals surface area (Å²) >= 11 is 6.12. The van der Waals surface area contributed by atoms with Crippen LogP contribution >= 0.6 is 11.6 Å². The lowest BCUT2D eigenvalue weighted by molar-refractivity contribution is -0.124. The van der Waals surface area contributed by atoms with Crippen molar-refractivity contribution >= 4 is 23.5 Å². The van der Waals surface area contributed by atoms with Crippen LogP contribution in [0.3, 0.4) is 0 Å². The van der Waals surface area contributed by atoms with Crippen molar-refractivity contribution in [3.63, 3.8) is 0 Å². The Kier molecular flexibility index (Phi) is 7.95. The molecule has 0 saturated heterocycles. The van der Waals surface area contributed by atoms with Gasteiger partial charge in [0.1, 0.15) is 6.61 Å². The maximum Gasteiger partial charge on any atom is 0.338 e. The highest BCUT2D eigenvalue weighted by atomic mass is 35.5. The number of methoxy groups -OCH3 is 1. The van der Waals surface area contributed by atoms with Crippen LogP contribution in [0.1, 0.15) is 29.3 Å². The molecule has 0 fully saturated rings. The summed E-state index contributed by atoms with van der Waals surface area (Å²) in [4.78, 5) is 23.6. The largest absolute Gasteiger partial charge is 0.493 e. The Morgan fingerprint density at radius 3 is 2.59 bits per heavy atom. The summed E-state index contributed by atoms with van der Waals surface area (Å²) < 4.78 is 16.0. The molecular formula is C20H22ClNO5. The molecule has 0 bridgehead atoms. The molecule has 0 saturated carbocycles. The van der Waals surface area contributed by atoms with Crippen molar-refractivity contribution in [1.29, 1.82) is 0 Å². The van der Waals surface area contributed by atoms with E-state index in [9.17, 15) is 9.59 Å². The van der Waals surface area contributed by atoms with Crippen molar-refractivity contribution in [3.05, 3.63) is 58.6 Å². The highest BCUT2D eigenvalue weighted by Gasteiger charge is 2.14. The smallest absolute Gasteiger partial charge is 0.338 e. The molecule has 1 amide bonds. The van der Waals surface area contributed by atoms with Crippen LogP contribution in [-0.4, -0.2) is 32.1 Å². The summed E-state index contributed by atoms with van der Waals surface area (Å²) in [5, 5.41) is 3.25. The normalized spacial score (nSPS) is 10.2. The van der Waals surface area contributed by atoms with Gasteiger partial charge in [-0.2, -0.15) is 0 Å². The molecule has 2 aromatic carbocycles. The van der Waals surface area contributed by atoms with Crippen molar-refractivity contribution in [2.24, 2.45) is 0 Å². The van der Waals surface area contributed by atoms with Gasteiger partial charge in [-0.1, -0.05) is 36.7 Å². The molecule has 0 aliphatic heterocycles. The van der Waals surface area contributed by atoms with Gasteiger partial charge in [0, 0.05) is 17.1 Å². The first-order valence-corrected chi connectivity index (χ1v) is 8.91. The molecule has 144 valence electrons. The number of carbonyl (C=O) groups excluding carboxylic acids is 2. The average molecular weight is 392 g/mol. The van der Waals surface area contributed by atoms with Crippen molar-refractivity contribution < 1.29 is 23.8 Å². The van der Waals surface area contributed by atoms with Crippen molar-refractivity contribution in [2.45, 2.75) is 20.0 Å². The highest BCUT2D eigenvalue weighted by molar-refractivity contribution is 6.31. The Morgan fingerprint density at radius 2 is 1.89 bits per heavy atom. The minimum atomic E-state index is -0.613. The molecule has 7 heteroatoms. The second-order valence-electron chi connectivity index (χ2n) is 5.67.